The third kappa shape index (κ3) is 3.36. The van der Waals surface area contributed by atoms with Gasteiger partial charge in [-0.05, 0) is 98.7 Å². The van der Waals surface area contributed by atoms with E-state index in [1.165, 1.54) is 31.3 Å². The number of aromatic nitrogens is 1. The quantitative estimate of drug-likeness (QED) is 0.344. The van der Waals surface area contributed by atoms with Crippen LogP contribution in [0.2, 0.25) is 0 Å². The van der Waals surface area contributed by atoms with Gasteiger partial charge in [-0.3, -0.25) is 4.79 Å². The van der Waals surface area contributed by atoms with Crippen LogP contribution in [0, 0.1) is 34.5 Å². The Hall–Kier alpha value is -2.30. The molecule has 3 fully saturated rings. The van der Waals surface area contributed by atoms with Gasteiger partial charge in [-0.25, -0.2) is 9.78 Å². The monoisotopic (exact) mass is 434 g/mol. The summed E-state index contributed by atoms with van der Waals surface area (Å²) in [5.74, 6) is 2.26. The molecular weight excluding hydrogens is 400 g/mol. The lowest BCUT2D eigenvalue weighted by Crippen LogP contribution is -2.51. The minimum atomic E-state index is -0.500. The average Bonchev–Trinajstić information content (AvgIpc) is 3.15. The lowest BCUT2D eigenvalue weighted by Gasteiger charge is -2.58. The largest absolute Gasteiger partial charge is 0.383 e. The molecule has 32 heavy (non-hydrogen) atoms. The maximum atomic E-state index is 12.3. The summed E-state index contributed by atoms with van der Waals surface area (Å²) in [6, 6.07) is 5.19. The van der Waals surface area contributed by atoms with Gasteiger partial charge in [-0.2, -0.15) is 0 Å². The first-order valence-corrected chi connectivity index (χ1v) is 12.2. The van der Waals surface area contributed by atoms with Crippen molar-refractivity contribution < 1.29 is 14.4 Å². The minimum absolute atomic E-state index is 0.203. The molecule has 4 aliphatic rings. The number of fused-ring (bicyclic) bond motifs is 5. The number of hydrogen-bond donors (Lipinski definition) is 0. The first-order chi connectivity index (χ1) is 15.3. The van der Waals surface area contributed by atoms with Crippen molar-refractivity contribution in [3.05, 3.63) is 41.7 Å². The number of oxime groups is 1. The van der Waals surface area contributed by atoms with E-state index in [1.54, 1.807) is 24.4 Å². The van der Waals surface area contributed by atoms with E-state index in [-0.39, 0.29) is 16.5 Å². The Balaban J connectivity index is 1.33. The standard InChI is InChI=1S/C27H34N2O3/c1-17(29-32-25(31)24-6-4-5-15-28-24)21-9-10-22-20-8-7-18-16-19(30)11-13-26(18,2)23(20)12-14-27(21,22)3/h4-6,15-16,20-23H,7-14H2,1-3H3/t20-,21+,22-,23-,26-,27+/m0/s1. The number of pyridine rings is 1. The average molecular weight is 435 g/mol. The summed E-state index contributed by atoms with van der Waals surface area (Å²) in [6.07, 6.45) is 12.3. The van der Waals surface area contributed by atoms with Crippen LogP contribution >= 0.6 is 0 Å². The van der Waals surface area contributed by atoms with Crippen LogP contribution < -0.4 is 0 Å². The van der Waals surface area contributed by atoms with Crippen molar-refractivity contribution in [1.82, 2.24) is 4.98 Å². The molecule has 170 valence electrons. The van der Waals surface area contributed by atoms with E-state index in [0.717, 1.165) is 30.9 Å². The number of carbonyl (C=O) groups is 2. The number of allylic oxidation sites excluding steroid dienone is 1. The molecule has 4 aliphatic carbocycles. The Morgan fingerprint density at radius 1 is 1.09 bits per heavy atom. The van der Waals surface area contributed by atoms with Gasteiger partial charge in [-0.15, -0.1) is 0 Å². The summed E-state index contributed by atoms with van der Waals surface area (Å²) in [6.45, 7) is 6.90. The Labute approximate surface area is 190 Å². The van der Waals surface area contributed by atoms with E-state index in [1.807, 2.05) is 13.0 Å². The highest BCUT2D eigenvalue weighted by molar-refractivity contribution is 5.91. The van der Waals surface area contributed by atoms with Crippen molar-refractivity contribution in [3.8, 4) is 0 Å². The molecule has 0 bridgehead atoms. The lowest BCUT2D eigenvalue weighted by molar-refractivity contribution is -0.117. The van der Waals surface area contributed by atoms with Crippen molar-refractivity contribution in [2.45, 2.75) is 72.1 Å². The Bertz CT molecular complexity index is 984. The van der Waals surface area contributed by atoms with Gasteiger partial charge in [0.2, 0.25) is 0 Å². The maximum Gasteiger partial charge on any atom is 0.383 e. The van der Waals surface area contributed by atoms with E-state index in [4.69, 9.17) is 4.84 Å². The second kappa shape index (κ2) is 7.93. The van der Waals surface area contributed by atoms with E-state index < -0.39 is 5.97 Å². The number of ketones is 1. The van der Waals surface area contributed by atoms with Crippen molar-refractivity contribution in [2.24, 2.45) is 39.7 Å². The molecule has 1 aromatic heterocycles. The first kappa shape index (κ1) is 21.5. The summed E-state index contributed by atoms with van der Waals surface area (Å²) in [5.41, 5.74) is 3.05. The van der Waals surface area contributed by atoms with Crippen LogP contribution in [-0.4, -0.2) is 22.4 Å². The Kier molecular flexibility index (Phi) is 5.34. The number of nitrogens with zero attached hydrogens (tertiary/aromatic N) is 2. The van der Waals surface area contributed by atoms with E-state index in [9.17, 15) is 9.59 Å². The molecule has 0 spiro atoms. The smallest absolute Gasteiger partial charge is 0.311 e. The summed E-state index contributed by atoms with van der Waals surface area (Å²) in [5, 5.41) is 4.29. The van der Waals surface area contributed by atoms with Gasteiger partial charge in [0, 0.05) is 18.5 Å². The van der Waals surface area contributed by atoms with Crippen molar-refractivity contribution in [1.29, 1.82) is 0 Å². The van der Waals surface area contributed by atoms with Crippen molar-refractivity contribution >= 4 is 17.5 Å². The first-order valence-electron chi connectivity index (χ1n) is 12.2. The van der Waals surface area contributed by atoms with Gasteiger partial charge >= 0.3 is 5.97 Å². The van der Waals surface area contributed by atoms with Gasteiger partial charge in [0.1, 0.15) is 0 Å². The zero-order chi connectivity index (χ0) is 22.5. The maximum absolute atomic E-state index is 12.3. The fourth-order valence-electron chi connectivity index (χ4n) is 7.95. The number of carbonyl (C=O) groups excluding carboxylic acids is 2. The highest BCUT2D eigenvalue weighted by atomic mass is 16.7. The molecular formula is C27H34N2O3. The summed E-state index contributed by atoms with van der Waals surface area (Å²) in [4.78, 5) is 33.7. The fourth-order valence-corrected chi connectivity index (χ4v) is 7.95. The summed E-state index contributed by atoms with van der Waals surface area (Å²) >= 11 is 0. The molecule has 0 unspecified atom stereocenters. The molecule has 0 aliphatic heterocycles. The second-order valence-corrected chi connectivity index (χ2v) is 11.0. The van der Waals surface area contributed by atoms with Gasteiger partial charge in [0.05, 0.1) is 5.71 Å². The van der Waals surface area contributed by atoms with E-state index in [2.05, 4.69) is 24.0 Å². The molecule has 3 saturated carbocycles. The molecule has 5 heteroatoms. The topological polar surface area (TPSA) is 68.6 Å². The van der Waals surface area contributed by atoms with Crippen molar-refractivity contribution in [2.75, 3.05) is 0 Å². The second-order valence-electron chi connectivity index (χ2n) is 11.0. The highest BCUT2D eigenvalue weighted by Crippen LogP contribution is 2.66. The zero-order valence-electron chi connectivity index (χ0n) is 19.5. The van der Waals surface area contributed by atoms with E-state index >= 15 is 0 Å². The third-order valence-corrected chi connectivity index (χ3v) is 9.61. The SMILES string of the molecule is CC(=NOC(=O)c1ccccn1)[C@H]1CC[C@H]2[C@@H]3CCC4=CC(=O)CC[C@]4(C)[C@H]3CC[C@]12C. The van der Waals surface area contributed by atoms with Crippen LogP contribution in [0.15, 0.2) is 41.2 Å². The number of rotatable bonds is 3. The fraction of sp³-hybridized carbons (Fsp3) is 0.630. The number of hydrogen-bond acceptors (Lipinski definition) is 5. The van der Waals surface area contributed by atoms with Crippen molar-refractivity contribution in [3.63, 3.8) is 0 Å². The molecule has 0 amide bonds. The van der Waals surface area contributed by atoms with Gasteiger partial charge in [-0.1, -0.05) is 30.6 Å². The Morgan fingerprint density at radius 3 is 2.72 bits per heavy atom. The molecule has 0 aromatic carbocycles. The van der Waals surface area contributed by atoms with E-state index in [0.29, 0.717) is 30.0 Å². The normalized spacial score (nSPS) is 38.9. The molecule has 1 aromatic rings. The van der Waals surface area contributed by atoms with Crippen LogP contribution in [0.1, 0.15) is 82.6 Å². The van der Waals surface area contributed by atoms with Crippen LogP contribution in [0.3, 0.4) is 0 Å². The predicted molar refractivity (Wildman–Crippen MR) is 123 cm³/mol. The summed E-state index contributed by atoms with van der Waals surface area (Å²) in [7, 11) is 0. The molecule has 6 atom stereocenters. The van der Waals surface area contributed by atoms with Gasteiger partial charge < -0.3 is 4.84 Å². The highest BCUT2D eigenvalue weighted by Gasteiger charge is 2.59. The van der Waals surface area contributed by atoms with Gasteiger partial charge in [0.15, 0.2) is 11.5 Å². The molecule has 5 nitrogen and oxygen atoms in total. The summed E-state index contributed by atoms with van der Waals surface area (Å²) < 4.78 is 0. The van der Waals surface area contributed by atoms with Crippen LogP contribution in [0.4, 0.5) is 0 Å². The van der Waals surface area contributed by atoms with Crippen LogP contribution in [0.25, 0.3) is 0 Å². The van der Waals surface area contributed by atoms with Crippen LogP contribution in [0.5, 0.6) is 0 Å². The Morgan fingerprint density at radius 2 is 1.94 bits per heavy atom. The lowest BCUT2D eigenvalue weighted by atomic mass is 9.46. The molecule has 5 rings (SSSR count). The minimum Gasteiger partial charge on any atom is -0.311 e. The van der Waals surface area contributed by atoms with Gasteiger partial charge in [0.25, 0.3) is 0 Å². The van der Waals surface area contributed by atoms with Crippen LogP contribution in [-0.2, 0) is 9.63 Å². The molecule has 0 N–H and O–H groups in total. The predicted octanol–water partition coefficient (Wildman–Crippen LogP) is 5.76. The molecule has 0 radical (unpaired) electrons. The molecule has 0 saturated heterocycles. The zero-order valence-corrected chi connectivity index (χ0v) is 19.5. The molecule has 1 heterocycles. The third-order valence-electron chi connectivity index (χ3n) is 9.61.